The maximum absolute atomic E-state index is 11.0. The lowest BCUT2D eigenvalue weighted by molar-refractivity contribution is 0.0695. The molecule has 0 aliphatic carbocycles. The molecule has 0 spiro atoms. The van der Waals surface area contributed by atoms with E-state index in [1.807, 2.05) is 18.2 Å². The van der Waals surface area contributed by atoms with Crippen molar-refractivity contribution in [2.45, 2.75) is 39.7 Å². The van der Waals surface area contributed by atoms with Gasteiger partial charge in [0, 0.05) is 0 Å². The summed E-state index contributed by atoms with van der Waals surface area (Å²) in [6, 6.07) is 9.42. The number of carbonyl (C=O) groups is 1. The summed E-state index contributed by atoms with van der Waals surface area (Å²) in [7, 11) is 0. The first-order chi connectivity index (χ1) is 10.0. The summed E-state index contributed by atoms with van der Waals surface area (Å²) in [5, 5.41) is 9.01. The smallest absolute Gasteiger partial charge is 0.339 e. The molecule has 112 valence electrons. The van der Waals surface area contributed by atoms with Crippen molar-refractivity contribution >= 4 is 5.97 Å². The zero-order chi connectivity index (χ0) is 15.4. The Morgan fingerprint density at radius 3 is 2.71 bits per heavy atom. The molecule has 0 aliphatic rings. The second kappa shape index (κ2) is 6.48. The van der Waals surface area contributed by atoms with Crippen molar-refractivity contribution in [3.05, 3.63) is 53.0 Å². The average Bonchev–Trinajstić information content (AvgIpc) is 2.86. The van der Waals surface area contributed by atoms with Crippen LogP contribution in [0.5, 0.6) is 5.75 Å². The third-order valence-electron chi connectivity index (χ3n) is 3.63. The van der Waals surface area contributed by atoms with E-state index in [1.165, 1.54) is 6.07 Å². The van der Waals surface area contributed by atoms with Gasteiger partial charge in [0.25, 0.3) is 0 Å². The van der Waals surface area contributed by atoms with Crippen LogP contribution in [0.3, 0.4) is 0 Å². The Kier molecular flexibility index (Phi) is 4.68. The van der Waals surface area contributed by atoms with Crippen LogP contribution in [0.15, 0.2) is 34.7 Å². The van der Waals surface area contributed by atoms with Gasteiger partial charge in [-0.25, -0.2) is 4.79 Å². The van der Waals surface area contributed by atoms with Gasteiger partial charge in [-0.15, -0.1) is 0 Å². The molecule has 0 radical (unpaired) electrons. The molecule has 2 aromatic rings. The molecule has 1 aromatic heterocycles. The maximum atomic E-state index is 11.0. The highest BCUT2D eigenvalue weighted by Gasteiger charge is 2.15. The zero-order valence-electron chi connectivity index (χ0n) is 12.6. The second-order valence-corrected chi connectivity index (χ2v) is 5.12. The van der Waals surface area contributed by atoms with E-state index in [0.29, 0.717) is 17.4 Å². The Bertz CT molecular complexity index is 627. The lowest BCUT2D eigenvalue weighted by Gasteiger charge is -2.14. The minimum absolute atomic E-state index is 0.184. The molecular formula is C17H20O4. The Labute approximate surface area is 124 Å². The Hall–Kier alpha value is -2.23. The van der Waals surface area contributed by atoms with E-state index < -0.39 is 5.97 Å². The van der Waals surface area contributed by atoms with E-state index in [4.69, 9.17) is 14.3 Å². The molecule has 21 heavy (non-hydrogen) atoms. The number of para-hydroxylation sites is 1. The molecule has 1 aromatic carbocycles. The van der Waals surface area contributed by atoms with Crippen LogP contribution >= 0.6 is 0 Å². The van der Waals surface area contributed by atoms with Gasteiger partial charge in [0.05, 0.1) is 0 Å². The number of carboxylic acids is 1. The first-order valence-electron chi connectivity index (χ1n) is 7.07. The Balaban J connectivity index is 2.13. The first-order valence-corrected chi connectivity index (χ1v) is 7.07. The molecule has 0 aliphatic heterocycles. The maximum Gasteiger partial charge on any atom is 0.339 e. The number of aromatic carboxylic acids is 1. The normalized spacial score (nSPS) is 12.1. The van der Waals surface area contributed by atoms with E-state index >= 15 is 0 Å². The van der Waals surface area contributed by atoms with Crippen LogP contribution in [0.1, 0.15) is 53.6 Å². The van der Waals surface area contributed by atoms with Crippen LogP contribution in [0.2, 0.25) is 0 Å². The minimum atomic E-state index is -0.984. The van der Waals surface area contributed by atoms with E-state index in [9.17, 15) is 4.79 Å². The average molecular weight is 288 g/mol. The fourth-order valence-corrected chi connectivity index (χ4v) is 2.22. The topological polar surface area (TPSA) is 59.7 Å². The van der Waals surface area contributed by atoms with Gasteiger partial charge >= 0.3 is 5.97 Å². The van der Waals surface area contributed by atoms with E-state index in [-0.39, 0.29) is 12.2 Å². The van der Waals surface area contributed by atoms with Crippen LogP contribution < -0.4 is 4.74 Å². The molecule has 0 saturated carbocycles. The van der Waals surface area contributed by atoms with Gasteiger partial charge in [0.15, 0.2) is 0 Å². The molecule has 0 saturated heterocycles. The van der Waals surface area contributed by atoms with Crippen molar-refractivity contribution in [2.24, 2.45) is 0 Å². The number of ether oxygens (including phenoxy) is 1. The summed E-state index contributed by atoms with van der Waals surface area (Å²) in [6.07, 6.45) is 1.03. The molecular weight excluding hydrogens is 268 g/mol. The number of carboxylic acid groups (broad SMARTS) is 1. The van der Waals surface area contributed by atoms with Crippen LogP contribution in [0.25, 0.3) is 0 Å². The van der Waals surface area contributed by atoms with Crippen molar-refractivity contribution in [2.75, 3.05) is 0 Å². The summed E-state index contributed by atoms with van der Waals surface area (Å²) >= 11 is 0. The quantitative estimate of drug-likeness (QED) is 0.857. The zero-order valence-corrected chi connectivity index (χ0v) is 12.6. The highest BCUT2D eigenvalue weighted by atomic mass is 16.5. The summed E-state index contributed by atoms with van der Waals surface area (Å²) < 4.78 is 11.2. The minimum Gasteiger partial charge on any atom is -0.485 e. The highest BCUT2D eigenvalue weighted by molar-refractivity contribution is 5.88. The van der Waals surface area contributed by atoms with Crippen molar-refractivity contribution < 1.29 is 19.1 Å². The summed E-state index contributed by atoms with van der Waals surface area (Å²) in [5.41, 5.74) is 1.34. The molecule has 0 amide bonds. The number of hydrogen-bond donors (Lipinski definition) is 1. The lowest BCUT2D eigenvalue weighted by Crippen LogP contribution is -2.00. The number of aryl methyl sites for hydroxylation is 1. The standard InChI is InChI=1S/C17H20O4/c1-4-11(2)14-7-5-6-8-16(14)20-10-13-9-15(17(18)19)12(3)21-13/h5-9,11H,4,10H2,1-3H3,(H,18,19). The van der Waals surface area contributed by atoms with Gasteiger partial charge in [-0.1, -0.05) is 32.0 Å². The molecule has 1 heterocycles. The predicted octanol–water partition coefficient (Wildman–Crippen LogP) is 4.38. The SMILES string of the molecule is CCC(C)c1ccccc1OCc1cc(C(=O)O)c(C)o1. The van der Waals surface area contributed by atoms with E-state index in [0.717, 1.165) is 17.7 Å². The van der Waals surface area contributed by atoms with E-state index in [1.54, 1.807) is 6.92 Å². The molecule has 4 heteroatoms. The third kappa shape index (κ3) is 3.45. The van der Waals surface area contributed by atoms with Crippen LogP contribution in [0, 0.1) is 6.92 Å². The van der Waals surface area contributed by atoms with Crippen molar-refractivity contribution in [3.63, 3.8) is 0 Å². The van der Waals surface area contributed by atoms with Crippen molar-refractivity contribution in [3.8, 4) is 5.75 Å². The van der Waals surface area contributed by atoms with Gasteiger partial charge in [0.1, 0.15) is 29.4 Å². The number of benzene rings is 1. The summed E-state index contributed by atoms with van der Waals surface area (Å²) in [6.45, 7) is 6.15. The lowest BCUT2D eigenvalue weighted by atomic mass is 9.98. The molecule has 1 unspecified atom stereocenters. The van der Waals surface area contributed by atoms with Crippen molar-refractivity contribution in [1.82, 2.24) is 0 Å². The largest absolute Gasteiger partial charge is 0.485 e. The summed E-state index contributed by atoms with van der Waals surface area (Å²) in [4.78, 5) is 11.0. The molecule has 4 nitrogen and oxygen atoms in total. The molecule has 0 fully saturated rings. The summed E-state index contributed by atoms with van der Waals surface area (Å²) in [5.74, 6) is 1.16. The van der Waals surface area contributed by atoms with Crippen LogP contribution in [-0.2, 0) is 6.61 Å². The predicted molar refractivity (Wildman–Crippen MR) is 79.9 cm³/mol. The number of furan rings is 1. The van der Waals surface area contributed by atoms with Gasteiger partial charge < -0.3 is 14.3 Å². The monoisotopic (exact) mass is 288 g/mol. The molecule has 0 bridgehead atoms. The molecule has 1 atom stereocenters. The fourth-order valence-electron chi connectivity index (χ4n) is 2.22. The third-order valence-corrected chi connectivity index (χ3v) is 3.63. The van der Waals surface area contributed by atoms with Gasteiger partial charge in [-0.05, 0) is 37.0 Å². The van der Waals surface area contributed by atoms with Crippen molar-refractivity contribution in [1.29, 1.82) is 0 Å². The highest BCUT2D eigenvalue weighted by Crippen LogP contribution is 2.29. The first kappa shape index (κ1) is 15.2. The van der Waals surface area contributed by atoms with Gasteiger partial charge in [0.2, 0.25) is 0 Å². The molecule has 2 rings (SSSR count). The Morgan fingerprint density at radius 1 is 1.38 bits per heavy atom. The number of rotatable bonds is 6. The second-order valence-electron chi connectivity index (χ2n) is 5.12. The van der Waals surface area contributed by atoms with Gasteiger partial charge in [-0.3, -0.25) is 0 Å². The van der Waals surface area contributed by atoms with Gasteiger partial charge in [-0.2, -0.15) is 0 Å². The fraction of sp³-hybridized carbons (Fsp3) is 0.353. The number of hydrogen-bond acceptors (Lipinski definition) is 3. The Morgan fingerprint density at radius 2 is 2.10 bits per heavy atom. The van der Waals surface area contributed by atoms with E-state index in [2.05, 4.69) is 19.9 Å². The van der Waals surface area contributed by atoms with Crippen LogP contribution in [0.4, 0.5) is 0 Å². The molecule has 1 N–H and O–H groups in total. The van der Waals surface area contributed by atoms with Crippen LogP contribution in [-0.4, -0.2) is 11.1 Å².